The number of rotatable bonds is 3. The highest BCUT2D eigenvalue weighted by atomic mass is 35.5. The number of carbonyl (C=O) groups excluding carboxylic acids is 1. The van der Waals surface area contributed by atoms with E-state index in [0.29, 0.717) is 5.02 Å². The minimum absolute atomic E-state index is 0.137. The Hall–Kier alpha value is -1.58. The third-order valence-corrected chi connectivity index (χ3v) is 3.16. The molecule has 98 valence electrons. The molecule has 2 rings (SSSR count). The normalized spacial score (nSPS) is 10.3. The van der Waals surface area contributed by atoms with E-state index in [1.807, 2.05) is 0 Å². The lowest BCUT2D eigenvalue weighted by Gasteiger charge is -2.09. The second-order valence-electron chi connectivity index (χ2n) is 3.77. The van der Waals surface area contributed by atoms with Gasteiger partial charge < -0.3 is 4.74 Å². The summed E-state index contributed by atoms with van der Waals surface area (Å²) in [6, 6.07) is 8.61. The molecule has 2 nitrogen and oxygen atoms in total. The number of hydrogen-bond acceptors (Lipinski definition) is 2. The average molecular weight is 299 g/mol. The molecule has 2 aromatic rings. The summed E-state index contributed by atoms with van der Waals surface area (Å²) < 4.78 is 18.8. The van der Waals surface area contributed by atoms with Crippen molar-refractivity contribution in [1.82, 2.24) is 0 Å². The van der Waals surface area contributed by atoms with Gasteiger partial charge in [0.05, 0.1) is 12.1 Å². The fourth-order valence-corrected chi connectivity index (χ4v) is 2.08. The van der Waals surface area contributed by atoms with Gasteiger partial charge in [-0.25, -0.2) is 4.39 Å². The largest absolute Gasteiger partial charge is 0.496 e. The van der Waals surface area contributed by atoms with E-state index in [0.717, 1.165) is 0 Å². The van der Waals surface area contributed by atoms with Gasteiger partial charge in [-0.15, -0.1) is 0 Å². The molecule has 0 saturated carbocycles. The van der Waals surface area contributed by atoms with Gasteiger partial charge in [-0.1, -0.05) is 29.3 Å². The molecular weight excluding hydrogens is 290 g/mol. The average Bonchev–Trinajstić information content (AvgIpc) is 2.40. The van der Waals surface area contributed by atoms with Gasteiger partial charge in [-0.3, -0.25) is 4.79 Å². The first-order valence-corrected chi connectivity index (χ1v) is 6.12. The fraction of sp³-hybridized carbons (Fsp3) is 0.0714. The quantitative estimate of drug-likeness (QED) is 0.787. The van der Waals surface area contributed by atoms with E-state index in [1.165, 1.54) is 37.4 Å². The number of halogens is 3. The van der Waals surface area contributed by atoms with Gasteiger partial charge in [0.15, 0.2) is 0 Å². The zero-order chi connectivity index (χ0) is 14.0. The van der Waals surface area contributed by atoms with E-state index >= 15 is 0 Å². The van der Waals surface area contributed by atoms with Gasteiger partial charge in [-0.2, -0.15) is 0 Å². The number of hydrogen-bond donors (Lipinski definition) is 0. The van der Waals surface area contributed by atoms with Crippen LogP contribution in [0.5, 0.6) is 5.75 Å². The van der Waals surface area contributed by atoms with Crippen molar-refractivity contribution in [3.05, 3.63) is 63.4 Å². The lowest BCUT2D eigenvalue weighted by atomic mass is 10.0. The number of ether oxygens (including phenoxy) is 1. The van der Waals surface area contributed by atoms with Crippen LogP contribution >= 0.6 is 23.2 Å². The van der Waals surface area contributed by atoms with Gasteiger partial charge in [0.25, 0.3) is 0 Å². The van der Waals surface area contributed by atoms with Crippen LogP contribution in [0, 0.1) is 5.82 Å². The van der Waals surface area contributed by atoms with Crippen LogP contribution < -0.4 is 4.74 Å². The summed E-state index contributed by atoms with van der Waals surface area (Å²) in [5, 5.41) is 0.558. The Labute approximate surface area is 119 Å². The molecule has 5 heteroatoms. The first-order valence-electron chi connectivity index (χ1n) is 5.37. The van der Waals surface area contributed by atoms with E-state index in [4.69, 9.17) is 27.9 Å². The van der Waals surface area contributed by atoms with Crippen molar-refractivity contribution in [1.29, 1.82) is 0 Å². The molecule has 0 atom stereocenters. The maximum Gasteiger partial charge on any atom is 0.201 e. The smallest absolute Gasteiger partial charge is 0.201 e. The van der Waals surface area contributed by atoms with Gasteiger partial charge in [0.1, 0.15) is 17.1 Å². The summed E-state index contributed by atoms with van der Waals surface area (Å²) in [6.45, 7) is 0. The van der Waals surface area contributed by atoms with Crippen LogP contribution in [0.3, 0.4) is 0 Å². The molecule has 0 spiro atoms. The monoisotopic (exact) mass is 298 g/mol. The molecule has 0 heterocycles. The van der Waals surface area contributed by atoms with E-state index < -0.39 is 11.6 Å². The second kappa shape index (κ2) is 5.59. The first kappa shape index (κ1) is 13.8. The highest BCUT2D eigenvalue weighted by molar-refractivity contribution is 6.36. The summed E-state index contributed by atoms with van der Waals surface area (Å²) in [6.07, 6.45) is 0. The molecule has 0 bridgehead atoms. The predicted octanol–water partition coefficient (Wildman–Crippen LogP) is 4.37. The number of carbonyl (C=O) groups is 1. The third kappa shape index (κ3) is 2.72. The van der Waals surface area contributed by atoms with E-state index in [-0.39, 0.29) is 21.9 Å². The summed E-state index contributed by atoms with van der Waals surface area (Å²) in [7, 11) is 1.37. The van der Waals surface area contributed by atoms with Crippen molar-refractivity contribution >= 4 is 29.0 Å². The second-order valence-corrected chi connectivity index (χ2v) is 4.61. The highest BCUT2D eigenvalue weighted by Crippen LogP contribution is 2.28. The SMILES string of the molecule is COc1cccc(F)c1C(=O)c1cc(Cl)ccc1Cl. The summed E-state index contributed by atoms with van der Waals surface area (Å²) in [5.41, 5.74) is -0.0215. The Morgan fingerprint density at radius 2 is 1.95 bits per heavy atom. The van der Waals surface area contributed by atoms with Crippen LogP contribution in [0.1, 0.15) is 15.9 Å². The molecule has 0 aliphatic carbocycles. The Kier molecular flexibility index (Phi) is 4.08. The number of ketones is 1. The highest BCUT2D eigenvalue weighted by Gasteiger charge is 2.21. The molecule has 0 aliphatic rings. The molecule has 0 aromatic heterocycles. The predicted molar refractivity (Wildman–Crippen MR) is 72.8 cm³/mol. The maximum absolute atomic E-state index is 13.8. The topological polar surface area (TPSA) is 26.3 Å². The summed E-state index contributed by atoms with van der Waals surface area (Å²) in [5.74, 6) is -1.08. The van der Waals surface area contributed by atoms with Crippen molar-refractivity contribution < 1.29 is 13.9 Å². The van der Waals surface area contributed by atoms with Crippen LogP contribution in [0.2, 0.25) is 10.0 Å². The molecule has 0 aliphatic heterocycles. The van der Waals surface area contributed by atoms with Crippen LogP contribution in [0.25, 0.3) is 0 Å². The van der Waals surface area contributed by atoms with E-state index in [9.17, 15) is 9.18 Å². The van der Waals surface area contributed by atoms with Crippen molar-refractivity contribution in [2.45, 2.75) is 0 Å². The third-order valence-electron chi connectivity index (χ3n) is 2.60. The van der Waals surface area contributed by atoms with Gasteiger partial charge in [-0.05, 0) is 30.3 Å². The Balaban J connectivity index is 2.59. The van der Waals surface area contributed by atoms with E-state index in [1.54, 1.807) is 6.07 Å². The molecule has 0 unspecified atom stereocenters. The van der Waals surface area contributed by atoms with E-state index in [2.05, 4.69) is 0 Å². The molecule has 2 aromatic carbocycles. The molecule has 0 amide bonds. The Morgan fingerprint density at radius 3 is 2.63 bits per heavy atom. The minimum Gasteiger partial charge on any atom is -0.496 e. The molecule has 0 fully saturated rings. The number of benzene rings is 2. The van der Waals surface area contributed by atoms with Crippen LogP contribution in [-0.2, 0) is 0 Å². The minimum atomic E-state index is -0.666. The maximum atomic E-state index is 13.8. The zero-order valence-corrected chi connectivity index (χ0v) is 11.4. The summed E-state index contributed by atoms with van der Waals surface area (Å²) in [4.78, 5) is 12.4. The lowest BCUT2D eigenvalue weighted by Crippen LogP contribution is -2.07. The van der Waals surface area contributed by atoms with Crippen LogP contribution in [-0.4, -0.2) is 12.9 Å². The Morgan fingerprint density at radius 1 is 1.21 bits per heavy atom. The molecule has 0 radical (unpaired) electrons. The first-order chi connectivity index (χ1) is 9.04. The number of methoxy groups -OCH3 is 1. The molecule has 0 N–H and O–H groups in total. The summed E-state index contributed by atoms with van der Waals surface area (Å²) >= 11 is 11.8. The van der Waals surface area contributed by atoms with Gasteiger partial charge in [0, 0.05) is 10.6 Å². The van der Waals surface area contributed by atoms with Crippen molar-refractivity contribution in [2.75, 3.05) is 7.11 Å². The zero-order valence-electron chi connectivity index (χ0n) is 9.91. The van der Waals surface area contributed by atoms with Crippen LogP contribution in [0.15, 0.2) is 36.4 Å². The van der Waals surface area contributed by atoms with Gasteiger partial charge >= 0.3 is 0 Å². The fourth-order valence-electron chi connectivity index (χ4n) is 1.70. The van der Waals surface area contributed by atoms with Gasteiger partial charge in [0.2, 0.25) is 5.78 Å². The van der Waals surface area contributed by atoms with Crippen molar-refractivity contribution in [2.24, 2.45) is 0 Å². The van der Waals surface area contributed by atoms with Crippen molar-refractivity contribution in [3.63, 3.8) is 0 Å². The molecular formula is C14H9Cl2FO2. The Bertz CT molecular complexity index is 641. The molecule has 19 heavy (non-hydrogen) atoms. The van der Waals surface area contributed by atoms with Crippen LogP contribution in [0.4, 0.5) is 4.39 Å². The lowest BCUT2D eigenvalue weighted by molar-refractivity contribution is 0.103. The van der Waals surface area contributed by atoms with Crippen molar-refractivity contribution in [3.8, 4) is 5.75 Å². The molecule has 0 saturated heterocycles. The standard InChI is InChI=1S/C14H9Cl2FO2/c1-19-12-4-2-3-11(17)13(12)14(18)9-7-8(15)5-6-10(9)16/h2-7H,1H3.